The molecule has 0 aromatic heterocycles. The maximum Gasteiger partial charge on any atom is -1.00 e. The molecule has 0 saturated carbocycles. The molecule has 1 aliphatic rings. The molecule has 0 spiro atoms. The average Bonchev–Trinajstić information content (AvgIpc) is 3.15. The minimum absolute atomic E-state index is 0. The van der Waals surface area contributed by atoms with Gasteiger partial charge in [-0.2, -0.15) is 0 Å². The summed E-state index contributed by atoms with van der Waals surface area (Å²) in [6, 6.07) is 0. The molecule has 1 aromatic carbocycles. The first-order valence-electron chi connectivity index (χ1n) is 6.76. The number of benzene rings is 1. The minimum atomic E-state index is -2.13. The van der Waals surface area contributed by atoms with Crippen LogP contribution in [0.5, 0.6) is 0 Å². The van der Waals surface area contributed by atoms with Gasteiger partial charge in [0.2, 0.25) is 0 Å². The van der Waals surface area contributed by atoms with Gasteiger partial charge < -0.3 is 24.8 Å². The normalized spacial score (nSPS) is 10.9. The third-order valence-corrected chi connectivity index (χ3v) is 3.71. The molecule has 0 heterocycles. The molecule has 10 heteroatoms. The van der Waals surface area contributed by atoms with Crippen molar-refractivity contribution in [1.82, 2.24) is 0 Å². The van der Waals surface area contributed by atoms with Crippen molar-refractivity contribution in [2.24, 2.45) is 0 Å². The number of rotatable bonds is 3. The van der Waals surface area contributed by atoms with Crippen LogP contribution in [0.25, 0.3) is 0 Å². The second kappa shape index (κ2) is 17.2. The molecular weight excluding hydrogens is 439 g/mol. The Morgan fingerprint density at radius 1 is 0.920 bits per heavy atom. The molecule has 1 N–H and O–H groups in total. The van der Waals surface area contributed by atoms with E-state index in [0.717, 1.165) is 41.4 Å². The van der Waals surface area contributed by atoms with Crippen molar-refractivity contribution < 1.29 is 67.2 Å². The van der Waals surface area contributed by atoms with Crippen LogP contribution in [0.4, 0.5) is 22.0 Å². The van der Waals surface area contributed by atoms with E-state index in [-0.39, 0.29) is 24.8 Å². The van der Waals surface area contributed by atoms with Gasteiger partial charge in [-0.05, 0) is 21.2 Å². The van der Waals surface area contributed by atoms with Crippen LogP contribution in [0.15, 0.2) is 24.3 Å². The Labute approximate surface area is 170 Å². The van der Waals surface area contributed by atoms with Gasteiger partial charge in [-0.15, -0.1) is 0 Å². The third kappa shape index (κ3) is 11.1. The van der Waals surface area contributed by atoms with Gasteiger partial charge in [0, 0.05) is 6.16 Å². The Morgan fingerprint density at radius 2 is 1.32 bits per heavy atom. The summed E-state index contributed by atoms with van der Waals surface area (Å²) in [6.45, 7) is 2.14. The van der Waals surface area contributed by atoms with Gasteiger partial charge in [0.15, 0.2) is 0 Å². The Balaban J connectivity index is -0.000000316. The maximum atomic E-state index is 12.4. The summed E-state index contributed by atoms with van der Waals surface area (Å²) in [5.74, 6) is -9.52. The van der Waals surface area contributed by atoms with Gasteiger partial charge in [0.1, 0.15) is 0 Å². The predicted octanol–water partition coefficient (Wildman–Crippen LogP) is -0.440. The summed E-state index contributed by atoms with van der Waals surface area (Å²) in [7, 11) is 0.795. The Bertz CT molecular complexity index is 471. The Kier molecular flexibility index (Phi) is 20.3. The van der Waals surface area contributed by atoms with E-state index in [0.29, 0.717) is 0 Å². The Hall–Kier alpha value is -0.256. The van der Waals surface area contributed by atoms with Crippen molar-refractivity contribution >= 4 is 12.2 Å². The van der Waals surface area contributed by atoms with E-state index >= 15 is 0 Å². The van der Waals surface area contributed by atoms with Crippen LogP contribution in [0, 0.1) is 34.2 Å². The molecule has 1 nitrogen and oxygen atoms in total. The van der Waals surface area contributed by atoms with Crippen LogP contribution >= 0.6 is 8.37 Å². The van der Waals surface area contributed by atoms with E-state index in [1.807, 2.05) is 0 Å². The SMILES string of the molecule is C1=CCC=C1.CCCCP=N.Fc1c(F)c(F)[c]([Ti+2])c(F)c1F.[Cl-].[Cl-]. The summed E-state index contributed by atoms with van der Waals surface area (Å²) in [5.41, 5.74) is 0. The monoisotopic (exact) mass is 454 g/mol. The minimum Gasteiger partial charge on any atom is -1.00 e. The van der Waals surface area contributed by atoms with Gasteiger partial charge in [-0.1, -0.05) is 37.6 Å². The van der Waals surface area contributed by atoms with E-state index in [1.165, 1.54) is 12.8 Å². The molecule has 0 amide bonds. The van der Waals surface area contributed by atoms with Crippen molar-refractivity contribution in [1.29, 1.82) is 5.16 Å². The first-order valence-corrected chi connectivity index (χ1v) is 8.62. The number of allylic oxidation sites excluding steroid dienone is 4. The van der Waals surface area contributed by atoms with Crippen molar-refractivity contribution in [3.05, 3.63) is 53.4 Å². The van der Waals surface area contributed by atoms with Crippen LogP contribution in [0.3, 0.4) is 0 Å². The van der Waals surface area contributed by atoms with Crippen molar-refractivity contribution in [2.75, 3.05) is 6.16 Å². The van der Waals surface area contributed by atoms with E-state index in [2.05, 4.69) is 31.2 Å². The zero-order valence-corrected chi connectivity index (χ0v) is 17.2. The maximum absolute atomic E-state index is 12.4. The molecule has 25 heavy (non-hydrogen) atoms. The molecule has 0 aliphatic heterocycles. The Morgan fingerprint density at radius 3 is 1.56 bits per heavy atom. The molecule has 139 valence electrons. The standard InChI is InChI=1S/C6F5.C5H6.C4H10NP.2ClH.Ti/c7-2-1-3(8)5(10)6(11)4(2)9;1-2-4-5-3-1;1-2-3-4-6-5;;;/h;1-4H,5H2;5H,2-4H2,1H3;2*1H;/q;;;;;+2/p-2. The fourth-order valence-electron chi connectivity index (χ4n) is 1.23. The second-order valence-electron chi connectivity index (χ2n) is 4.27. The molecular formula is C15H16Cl2F5NPTi. The second-order valence-corrected chi connectivity index (χ2v) is 5.82. The first-order chi connectivity index (χ1) is 10.9. The van der Waals surface area contributed by atoms with Gasteiger partial charge in [-0.3, -0.25) is 5.16 Å². The summed E-state index contributed by atoms with van der Waals surface area (Å²) >= 11 is 0.816. The predicted molar refractivity (Wildman–Crippen MR) is 78.2 cm³/mol. The average molecular weight is 455 g/mol. The van der Waals surface area contributed by atoms with Crippen LogP contribution in [-0.4, -0.2) is 6.16 Å². The van der Waals surface area contributed by atoms with Gasteiger partial charge in [-0.25, -0.2) is 0 Å². The van der Waals surface area contributed by atoms with Crippen LogP contribution in [0.2, 0.25) is 0 Å². The molecule has 0 atom stereocenters. The summed E-state index contributed by atoms with van der Waals surface area (Å²) in [4.78, 5) is 0. The zero-order valence-electron chi connectivity index (χ0n) is 13.2. The third-order valence-electron chi connectivity index (χ3n) is 2.49. The molecule has 0 radical (unpaired) electrons. The number of unbranched alkanes of at least 4 members (excludes halogenated alkanes) is 1. The molecule has 0 bridgehead atoms. The van der Waals surface area contributed by atoms with E-state index in [4.69, 9.17) is 5.16 Å². The number of nitrogens with one attached hydrogen (secondary N) is 1. The number of halogens is 7. The van der Waals surface area contributed by atoms with Gasteiger partial charge >= 0.3 is 75.3 Å². The smallest absolute Gasteiger partial charge is 1.00 e. The van der Waals surface area contributed by atoms with E-state index < -0.39 is 33.0 Å². The van der Waals surface area contributed by atoms with E-state index in [1.54, 1.807) is 0 Å². The molecule has 1 aromatic rings. The van der Waals surface area contributed by atoms with Crippen molar-refractivity contribution in [3.63, 3.8) is 0 Å². The quantitative estimate of drug-likeness (QED) is 0.160. The zero-order chi connectivity index (χ0) is 17.8. The molecule has 1 aliphatic carbocycles. The topological polar surface area (TPSA) is 23.9 Å². The first kappa shape index (κ1) is 29.5. The van der Waals surface area contributed by atoms with Crippen molar-refractivity contribution in [2.45, 2.75) is 26.2 Å². The van der Waals surface area contributed by atoms with E-state index in [9.17, 15) is 22.0 Å². The summed E-state index contributed by atoms with van der Waals surface area (Å²) < 4.78 is 60.7. The van der Waals surface area contributed by atoms with Crippen molar-refractivity contribution in [3.8, 4) is 0 Å². The molecule has 0 saturated heterocycles. The van der Waals surface area contributed by atoms with Gasteiger partial charge in [0.25, 0.3) is 0 Å². The molecule has 2 rings (SSSR count). The van der Waals surface area contributed by atoms with Crippen LogP contribution < -0.4 is 28.7 Å². The van der Waals surface area contributed by atoms with Crippen LogP contribution in [-0.2, 0) is 20.4 Å². The summed E-state index contributed by atoms with van der Waals surface area (Å²) in [5, 5.41) is 6.68. The van der Waals surface area contributed by atoms with Gasteiger partial charge in [0.05, 0.1) is 0 Å². The largest absolute Gasteiger partial charge is 1.00 e. The fraction of sp³-hybridized carbons (Fsp3) is 0.333. The molecule has 0 unspecified atom stereocenters. The number of hydrogen-bond donors (Lipinski definition) is 1. The molecule has 0 fully saturated rings. The van der Waals surface area contributed by atoms with Crippen LogP contribution in [0.1, 0.15) is 26.2 Å². The summed E-state index contributed by atoms with van der Waals surface area (Å²) in [6.07, 6.45) is 13.0. The fourth-order valence-corrected chi connectivity index (χ4v) is 2.05. The number of hydrogen-bond acceptors (Lipinski definition) is 1.